The second-order valence-electron chi connectivity index (χ2n) is 4.32. The predicted molar refractivity (Wildman–Crippen MR) is 63.5 cm³/mol. The number of ether oxygens (including phenoxy) is 1. The second-order valence-corrected chi connectivity index (χ2v) is 4.32. The number of rotatable bonds is 3. The van der Waals surface area contributed by atoms with Gasteiger partial charge in [0.15, 0.2) is 0 Å². The Balaban J connectivity index is 1.93. The lowest BCUT2D eigenvalue weighted by Crippen LogP contribution is -2.47. The van der Waals surface area contributed by atoms with Crippen molar-refractivity contribution in [3.05, 3.63) is 35.6 Å². The topological polar surface area (TPSA) is 49.8 Å². The van der Waals surface area contributed by atoms with Gasteiger partial charge in [0, 0.05) is 13.1 Å². The maximum Gasteiger partial charge on any atom is 0.227 e. The van der Waals surface area contributed by atoms with Crippen LogP contribution in [0.2, 0.25) is 0 Å². The molecule has 1 aliphatic rings. The summed E-state index contributed by atoms with van der Waals surface area (Å²) in [7, 11) is 0. The summed E-state index contributed by atoms with van der Waals surface area (Å²) >= 11 is 0. The molecule has 0 bridgehead atoms. The molecule has 1 amide bonds. The van der Waals surface area contributed by atoms with Crippen LogP contribution < -0.4 is 0 Å². The molecule has 1 N–H and O–H groups in total. The third-order valence-electron chi connectivity index (χ3n) is 2.96. The monoisotopic (exact) mass is 253 g/mol. The average molecular weight is 253 g/mol. The second kappa shape index (κ2) is 5.93. The molecule has 0 aliphatic carbocycles. The zero-order valence-electron chi connectivity index (χ0n) is 10.0. The molecule has 1 saturated heterocycles. The molecule has 1 aromatic carbocycles. The summed E-state index contributed by atoms with van der Waals surface area (Å²) in [6, 6.07) is 5.91. The quantitative estimate of drug-likeness (QED) is 0.857. The van der Waals surface area contributed by atoms with Crippen LogP contribution in [0.3, 0.4) is 0 Å². The molecule has 1 heterocycles. The summed E-state index contributed by atoms with van der Waals surface area (Å²) in [5.41, 5.74) is 0.786. The highest BCUT2D eigenvalue weighted by atomic mass is 19.1. The van der Waals surface area contributed by atoms with Gasteiger partial charge in [0.25, 0.3) is 0 Å². The lowest BCUT2D eigenvalue weighted by atomic mass is 10.1. The van der Waals surface area contributed by atoms with Gasteiger partial charge in [0.2, 0.25) is 5.91 Å². The van der Waals surface area contributed by atoms with Crippen LogP contribution in [-0.4, -0.2) is 48.3 Å². The SMILES string of the molecule is O=C(Cc1ccc(F)cc1)N1CCOC(CO)C1. The molecule has 0 radical (unpaired) electrons. The van der Waals surface area contributed by atoms with E-state index < -0.39 is 0 Å². The van der Waals surface area contributed by atoms with Crippen LogP contribution in [-0.2, 0) is 16.0 Å². The summed E-state index contributed by atoms with van der Waals surface area (Å²) in [4.78, 5) is 13.7. The van der Waals surface area contributed by atoms with E-state index in [4.69, 9.17) is 9.84 Å². The smallest absolute Gasteiger partial charge is 0.227 e. The zero-order chi connectivity index (χ0) is 13.0. The van der Waals surface area contributed by atoms with E-state index in [1.165, 1.54) is 12.1 Å². The van der Waals surface area contributed by atoms with Crippen molar-refractivity contribution in [1.82, 2.24) is 4.90 Å². The van der Waals surface area contributed by atoms with E-state index >= 15 is 0 Å². The molecule has 98 valence electrons. The number of aliphatic hydroxyl groups excluding tert-OH is 1. The van der Waals surface area contributed by atoms with E-state index in [0.29, 0.717) is 19.7 Å². The number of aliphatic hydroxyl groups is 1. The van der Waals surface area contributed by atoms with E-state index in [-0.39, 0.29) is 30.9 Å². The minimum atomic E-state index is -0.307. The number of benzene rings is 1. The van der Waals surface area contributed by atoms with Crippen LogP contribution in [0.4, 0.5) is 4.39 Å². The highest BCUT2D eigenvalue weighted by Crippen LogP contribution is 2.09. The standard InChI is InChI=1S/C13H16FNO3/c14-11-3-1-10(2-4-11)7-13(17)15-5-6-18-12(8-15)9-16/h1-4,12,16H,5-9H2. The van der Waals surface area contributed by atoms with E-state index in [1.807, 2.05) is 0 Å². The summed E-state index contributed by atoms with van der Waals surface area (Å²) in [6.45, 7) is 1.31. The van der Waals surface area contributed by atoms with Crippen LogP contribution >= 0.6 is 0 Å². The molecule has 2 rings (SSSR count). The third-order valence-corrected chi connectivity index (χ3v) is 2.96. The Labute approximate surface area is 105 Å². The molecule has 1 atom stereocenters. The third kappa shape index (κ3) is 3.27. The Morgan fingerprint density at radius 2 is 2.17 bits per heavy atom. The molecule has 18 heavy (non-hydrogen) atoms. The van der Waals surface area contributed by atoms with Gasteiger partial charge >= 0.3 is 0 Å². The number of nitrogens with zero attached hydrogens (tertiary/aromatic N) is 1. The fourth-order valence-corrected chi connectivity index (χ4v) is 1.95. The molecule has 1 unspecified atom stereocenters. The van der Waals surface area contributed by atoms with Crippen LogP contribution in [0.5, 0.6) is 0 Å². The molecular weight excluding hydrogens is 237 g/mol. The first-order chi connectivity index (χ1) is 8.69. The van der Waals surface area contributed by atoms with Crippen LogP contribution in [0.1, 0.15) is 5.56 Å². The highest BCUT2D eigenvalue weighted by Gasteiger charge is 2.23. The van der Waals surface area contributed by atoms with Crippen molar-refractivity contribution in [3.8, 4) is 0 Å². The molecular formula is C13H16FNO3. The largest absolute Gasteiger partial charge is 0.394 e. The fraction of sp³-hybridized carbons (Fsp3) is 0.462. The molecule has 0 aromatic heterocycles. The van der Waals surface area contributed by atoms with Gasteiger partial charge in [-0.05, 0) is 17.7 Å². The molecule has 4 nitrogen and oxygen atoms in total. The minimum Gasteiger partial charge on any atom is -0.394 e. The Kier molecular flexibility index (Phi) is 4.28. The fourth-order valence-electron chi connectivity index (χ4n) is 1.95. The number of morpholine rings is 1. The summed E-state index contributed by atoms with van der Waals surface area (Å²) in [5.74, 6) is -0.332. The van der Waals surface area contributed by atoms with Crippen molar-refractivity contribution in [2.75, 3.05) is 26.3 Å². The number of amides is 1. The van der Waals surface area contributed by atoms with E-state index in [2.05, 4.69) is 0 Å². The van der Waals surface area contributed by atoms with Crippen LogP contribution in [0, 0.1) is 5.82 Å². The number of halogens is 1. The Hall–Kier alpha value is -1.46. The van der Waals surface area contributed by atoms with Gasteiger partial charge in [-0.1, -0.05) is 12.1 Å². The van der Waals surface area contributed by atoms with Gasteiger partial charge in [-0.2, -0.15) is 0 Å². The first-order valence-corrected chi connectivity index (χ1v) is 5.93. The average Bonchev–Trinajstić information content (AvgIpc) is 2.41. The van der Waals surface area contributed by atoms with Gasteiger partial charge < -0.3 is 14.7 Å². The number of carbonyl (C=O) groups excluding carboxylic acids is 1. The molecule has 0 saturated carbocycles. The van der Waals surface area contributed by atoms with Crippen molar-refractivity contribution < 1.29 is 19.0 Å². The maximum atomic E-state index is 12.7. The molecule has 5 heteroatoms. The highest BCUT2D eigenvalue weighted by molar-refractivity contribution is 5.78. The normalized spacial score (nSPS) is 19.9. The summed E-state index contributed by atoms with van der Waals surface area (Å²) < 4.78 is 18.0. The summed E-state index contributed by atoms with van der Waals surface area (Å²) in [5, 5.41) is 9.01. The van der Waals surface area contributed by atoms with Gasteiger partial charge in [-0.3, -0.25) is 4.79 Å². The van der Waals surface area contributed by atoms with Crippen molar-refractivity contribution in [2.24, 2.45) is 0 Å². The lowest BCUT2D eigenvalue weighted by molar-refractivity contribution is -0.139. The summed E-state index contributed by atoms with van der Waals surface area (Å²) in [6.07, 6.45) is -0.0470. The predicted octanol–water partition coefficient (Wildman–Crippen LogP) is 0.588. The number of carbonyl (C=O) groups is 1. The number of hydrogen-bond acceptors (Lipinski definition) is 3. The van der Waals surface area contributed by atoms with Gasteiger partial charge in [-0.25, -0.2) is 4.39 Å². The van der Waals surface area contributed by atoms with Crippen molar-refractivity contribution in [2.45, 2.75) is 12.5 Å². The van der Waals surface area contributed by atoms with Gasteiger partial charge in [-0.15, -0.1) is 0 Å². The van der Waals surface area contributed by atoms with Gasteiger partial charge in [0.05, 0.1) is 25.7 Å². The first-order valence-electron chi connectivity index (χ1n) is 5.93. The van der Waals surface area contributed by atoms with Crippen molar-refractivity contribution >= 4 is 5.91 Å². The zero-order valence-corrected chi connectivity index (χ0v) is 10.0. The molecule has 1 aliphatic heterocycles. The molecule has 1 aromatic rings. The maximum absolute atomic E-state index is 12.7. The molecule has 0 spiro atoms. The number of hydrogen-bond donors (Lipinski definition) is 1. The van der Waals surface area contributed by atoms with Crippen LogP contribution in [0.15, 0.2) is 24.3 Å². The Morgan fingerprint density at radius 3 is 2.83 bits per heavy atom. The minimum absolute atomic E-state index is 0.0247. The van der Waals surface area contributed by atoms with Crippen molar-refractivity contribution in [1.29, 1.82) is 0 Å². The Bertz CT molecular complexity index is 407. The lowest BCUT2D eigenvalue weighted by Gasteiger charge is -2.32. The van der Waals surface area contributed by atoms with Crippen molar-refractivity contribution in [3.63, 3.8) is 0 Å². The van der Waals surface area contributed by atoms with E-state index in [9.17, 15) is 9.18 Å². The van der Waals surface area contributed by atoms with E-state index in [0.717, 1.165) is 5.56 Å². The van der Waals surface area contributed by atoms with Gasteiger partial charge in [0.1, 0.15) is 5.82 Å². The Morgan fingerprint density at radius 1 is 1.44 bits per heavy atom. The first kappa shape index (κ1) is 13.0. The molecule has 1 fully saturated rings. The van der Waals surface area contributed by atoms with Crippen LogP contribution in [0.25, 0.3) is 0 Å². The van der Waals surface area contributed by atoms with E-state index in [1.54, 1.807) is 17.0 Å².